The lowest BCUT2D eigenvalue weighted by Crippen LogP contribution is -2.39. The van der Waals surface area contributed by atoms with Crippen molar-refractivity contribution in [3.63, 3.8) is 0 Å². The van der Waals surface area contributed by atoms with Crippen LogP contribution in [-0.2, 0) is 6.42 Å². The molecule has 1 N–H and O–H groups in total. The Morgan fingerprint density at radius 3 is 2.93 bits per heavy atom. The van der Waals surface area contributed by atoms with Gasteiger partial charge in [0.15, 0.2) is 5.76 Å². The number of likely N-dealkylation sites (tertiary alicyclic amines) is 1. The molecule has 7 heteroatoms. The van der Waals surface area contributed by atoms with Crippen molar-refractivity contribution in [2.75, 3.05) is 20.2 Å². The summed E-state index contributed by atoms with van der Waals surface area (Å²) < 4.78 is 10.2. The number of nitrogens with one attached hydrogen (secondary N) is 1. The largest absolute Gasteiger partial charge is 0.490 e. The molecular weight excluding hydrogens is 370 g/mol. The Kier molecular flexibility index (Phi) is 5.46. The lowest BCUT2D eigenvalue weighted by atomic mass is 9.90. The van der Waals surface area contributed by atoms with Crippen molar-refractivity contribution in [1.29, 1.82) is 0 Å². The molecule has 2 aromatic heterocycles. The molecule has 1 atom stereocenters. The van der Waals surface area contributed by atoms with Crippen molar-refractivity contribution < 1.29 is 13.9 Å². The van der Waals surface area contributed by atoms with E-state index in [9.17, 15) is 9.59 Å². The molecule has 0 radical (unpaired) electrons. The molecule has 150 valence electrons. The molecule has 29 heavy (non-hydrogen) atoms. The summed E-state index contributed by atoms with van der Waals surface area (Å²) in [5, 5.41) is 7.39. The summed E-state index contributed by atoms with van der Waals surface area (Å²) in [6, 6.07) is 11.4. The second-order valence-corrected chi connectivity index (χ2v) is 7.24. The van der Waals surface area contributed by atoms with E-state index in [1.54, 1.807) is 4.90 Å². The van der Waals surface area contributed by atoms with Crippen LogP contribution in [0.3, 0.4) is 0 Å². The van der Waals surface area contributed by atoms with E-state index in [4.69, 9.17) is 9.15 Å². The minimum absolute atomic E-state index is 0.0329. The van der Waals surface area contributed by atoms with Crippen LogP contribution in [0, 0.1) is 0 Å². The van der Waals surface area contributed by atoms with Crippen molar-refractivity contribution in [1.82, 2.24) is 15.1 Å². The Balaban J connectivity index is 1.50. The maximum atomic E-state index is 12.9. The molecule has 0 unspecified atom stereocenters. The fourth-order valence-electron chi connectivity index (χ4n) is 3.84. The molecule has 1 aliphatic heterocycles. The van der Waals surface area contributed by atoms with Gasteiger partial charge >= 0.3 is 0 Å². The van der Waals surface area contributed by atoms with Gasteiger partial charge in [0.1, 0.15) is 6.26 Å². The highest BCUT2D eigenvalue weighted by Crippen LogP contribution is 2.29. The number of piperidine rings is 1. The van der Waals surface area contributed by atoms with Crippen LogP contribution in [-0.4, -0.2) is 41.2 Å². The molecule has 0 aliphatic carbocycles. The van der Waals surface area contributed by atoms with Crippen molar-refractivity contribution in [3.8, 4) is 5.75 Å². The smallest absolute Gasteiger partial charge is 0.289 e. The Morgan fingerprint density at radius 2 is 2.17 bits per heavy atom. The van der Waals surface area contributed by atoms with Gasteiger partial charge in [0.25, 0.3) is 5.91 Å². The number of aromatic nitrogens is 2. The van der Waals surface area contributed by atoms with Crippen LogP contribution in [0.15, 0.2) is 58.1 Å². The number of amides is 1. The summed E-state index contributed by atoms with van der Waals surface area (Å²) in [7, 11) is 1.39. The van der Waals surface area contributed by atoms with Crippen molar-refractivity contribution in [2.24, 2.45) is 0 Å². The molecule has 3 aromatic rings. The maximum absolute atomic E-state index is 12.9. The SMILES string of the molecule is COc1coc(C(=O)N2CCC[C@H](c3[nH]ncc3Cc3ccccc3)C2)cc1=O. The zero-order valence-electron chi connectivity index (χ0n) is 16.3. The van der Waals surface area contributed by atoms with E-state index >= 15 is 0 Å². The van der Waals surface area contributed by atoms with Crippen LogP contribution in [0.2, 0.25) is 0 Å². The second-order valence-electron chi connectivity index (χ2n) is 7.24. The fraction of sp³-hybridized carbons (Fsp3) is 0.318. The van der Waals surface area contributed by atoms with Crippen LogP contribution in [0.1, 0.15) is 46.1 Å². The first kappa shape index (κ1) is 19.0. The van der Waals surface area contributed by atoms with E-state index in [2.05, 4.69) is 22.3 Å². The number of aromatic amines is 1. The van der Waals surface area contributed by atoms with Gasteiger partial charge in [-0.3, -0.25) is 14.7 Å². The summed E-state index contributed by atoms with van der Waals surface area (Å²) in [6.45, 7) is 1.19. The molecule has 0 saturated carbocycles. The predicted molar refractivity (Wildman–Crippen MR) is 107 cm³/mol. The normalized spacial score (nSPS) is 16.6. The van der Waals surface area contributed by atoms with E-state index in [0.29, 0.717) is 13.1 Å². The van der Waals surface area contributed by atoms with Gasteiger partial charge in [-0.25, -0.2) is 0 Å². The highest BCUT2D eigenvalue weighted by Gasteiger charge is 2.29. The monoisotopic (exact) mass is 393 g/mol. The zero-order valence-corrected chi connectivity index (χ0v) is 16.3. The number of carbonyl (C=O) groups is 1. The standard InChI is InChI=1S/C22H23N3O4/c1-28-20-14-29-19(11-18(20)26)22(27)25-9-5-8-16(13-25)21-17(12-23-24-21)10-15-6-3-2-4-7-15/h2-4,6-7,11-12,14,16H,5,8-10,13H2,1H3,(H,23,24)/t16-/m0/s1. The highest BCUT2D eigenvalue weighted by atomic mass is 16.5. The average Bonchev–Trinajstić information content (AvgIpc) is 3.22. The van der Waals surface area contributed by atoms with Gasteiger partial charge < -0.3 is 14.1 Å². The number of ether oxygens (including phenoxy) is 1. The van der Waals surface area contributed by atoms with Gasteiger partial charge in [0, 0.05) is 37.2 Å². The third kappa shape index (κ3) is 4.08. The fourth-order valence-corrected chi connectivity index (χ4v) is 3.84. The van der Waals surface area contributed by atoms with Gasteiger partial charge in [-0.05, 0) is 24.0 Å². The minimum atomic E-state index is -0.366. The molecule has 1 amide bonds. The number of rotatable bonds is 5. The topological polar surface area (TPSA) is 88.4 Å². The first-order valence-electron chi connectivity index (χ1n) is 9.68. The number of hydrogen-bond donors (Lipinski definition) is 1. The second kappa shape index (κ2) is 8.34. The summed E-state index contributed by atoms with van der Waals surface area (Å²) in [6.07, 6.45) is 5.70. The van der Waals surface area contributed by atoms with Gasteiger partial charge in [-0.1, -0.05) is 30.3 Å². The van der Waals surface area contributed by atoms with Gasteiger partial charge in [-0.15, -0.1) is 0 Å². The van der Waals surface area contributed by atoms with Crippen molar-refractivity contribution in [3.05, 3.63) is 81.7 Å². The molecule has 0 bridgehead atoms. The molecule has 4 rings (SSSR count). The number of H-pyrrole nitrogens is 1. The van der Waals surface area contributed by atoms with Crippen LogP contribution < -0.4 is 10.2 Å². The summed E-state index contributed by atoms with van der Waals surface area (Å²) in [5.74, 6) is 0.00381. The van der Waals surface area contributed by atoms with Crippen LogP contribution in [0.5, 0.6) is 5.75 Å². The summed E-state index contributed by atoms with van der Waals surface area (Å²) in [5.41, 5.74) is 3.07. The van der Waals surface area contributed by atoms with E-state index in [1.165, 1.54) is 25.0 Å². The van der Waals surface area contributed by atoms with Crippen LogP contribution in [0.4, 0.5) is 0 Å². The first-order valence-corrected chi connectivity index (χ1v) is 9.68. The van der Waals surface area contributed by atoms with E-state index in [-0.39, 0.29) is 28.8 Å². The number of hydrogen-bond acceptors (Lipinski definition) is 5. The molecular formula is C22H23N3O4. The minimum Gasteiger partial charge on any atom is -0.490 e. The number of carbonyl (C=O) groups excluding carboxylic acids is 1. The van der Waals surface area contributed by atoms with Crippen LogP contribution >= 0.6 is 0 Å². The molecule has 1 fully saturated rings. The number of benzene rings is 1. The Labute approximate surface area is 168 Å². The first-order chi connectivity index (χ1) is 14.2. The van der Waals surface area contributed by atoms with Crippen LogP contribution in [0.25, 0.3) is 0 Å². The predicted octanol–water partition coefficient (Wildman–Crippen LogP) is 2.98. The number of methoxy groups -OCH3 is 1. The van der Waals surface area contributed by atoms with E-state index in [0.717, 1.165) is 30.5 Å². The van der Waals surface area contributed by atoms with Crippen molar-refractivity contribution >= 4 is 5.91 Å². The third-order valence-corrected chi connectivity index (χ3v) is 5.33. The Bertz CT molecular complexity index is 1040. The number of nitrogens with zero attached hydrogens (tertiary/aromatic N) is 2. The lowest BCUT2D eigenvalue weighted by molar-refractivity contribution is 0.0670. The van der Waals surface area contributed by atoms with Gasteiger partial charge in [0.2, 0.25) is 11.2 Å². The molecule has 3 heterocycles. The van der Waals surface area contributed by atoms with E-state index in [1.807, 2.05) is 24.4 Å². The molecule has 0 spiro atoms. The molecule has 1 saturated heterocycles. The Hall–Kier alpha value is -3.35. The van der Waals surface area contributed by atoms with Crippen molar-refractivity contribution in [2.45, 2.75) is 25.2 Å². The summed E-state index contributed by atoms with van der Waals surface area (Å²) in [4.78, 5) is 26.6. The summed E-state index contributed by atoms with van der Waals surface area (Å²) >= 11 is 0. The Morgan fingerprint density at radius 1 is 1.34 bits per heavy atom. The zero-order chi connectivity index (χ0) is 20.2. The maximum Gasteiger partial charge on any atom is 0.289 e. The molecule has 1 aliphatic rings. The molecule has 7 nitrogen and oxygen atoms in total. The lowest BCUT2D eigenvalue weighted by Gasteiger charge is -2.32. The third-order valence-electron chi connectivity index (χ3n) is 5.33. The average molecular weight is 393 g/mol. The highest BCUT2D eigenvalue weighted by molar-refractivity contribution is 5.91. The van der Waals surface area contributed by atoms with Gasteiger partial charge in [-0.2, -0.15) is 5.10 Å². The van der Waals surface area contributed by atoms with E-state index < -0.39 is 0 Å². The van der Waals surface area contributed by atoms with Gasteiger partial charge in [0.05, 0.1) is 13.3 Å². The molecule has 1 aromatic carbocycles. The quantitative estimate of drug-likeness (QED) is 0.720.